The first-order chi connectivity index (χ1) is 13.4. The van der Waals surface area contributed by atoms with Crippen molar-refractivity contribution in [2.24, 2.45) is 5.73 Å². The zero-order chi connectivity index (χ0) is 20.3. The molecule has 1 heterocycles. The molecule has 0 atom stereocenters. The predicted octanol–water partition coefficient (Wildman–Crippen LogP) is 3.59. The molecule has 8 nitrogen and oxygen atoms in total. The van der Waals surface area contributed by atoms with Crippen molar-refractivity contribution in [2.75, 3.05) is 23.3 Å². The van der Waals surface area contributed by atoms with Crippen LogP contribution in [0.4, 0.5) is 17.1 Å². The van der Waals surface area contributed by atoms with E-state index >= 15 is 0 Å². The molecule has 9 heteroatoms. The molecular formula is C19H19ClN4O4. The van der Waals surface area contributed by atoms with Gasteiger partial charge >= 0.3 is 0 Å². The number of rotatable bonds is 5. The molecule has 2 aromatic carbocycles. The molecule has 28 heavy (non-hydrogen) atoms. The maximum absolute atomic E-state index is 12.8. The number of halogens is 1. The number of carbonyl (C=O) groups is 2. The molecule has 146 valence electrons. The minimum atomic E-state index is -0.664. The highest BCUT2D eigenvalue weighted by molar-refractivity contribution is 6.31. The van der Waals surface area contributed by atoms with Crippen molar-refractivity contribution in [2.45, 2.75) is 19.3 Å². The number of nitro groups is 1. The van der Waals surface area contributed by atoms with Crippen LogP contribution in [0.2, 0.25) is 5.02 Å². The Morgan fingerprint density at radius 3 is 2.46 bits per heavy atom. The molecule has 0 spiro atoms. The normalized spacial score (nSPS) is 13.8. The van der Waals surface area contributed by atoms with Gasteiger partial charge in [-0.25, -0.2) is 0 Å². The topological polar surface area (TPSA) is 119 Å². The van der Waals surface area contributed by atoms with Crippen LogP contribution in [-0.2, 0) is 0 Å². The monoisotopic (exact) mass is 402 g/mol. The Kier molecular flexibility index (Phi) is 5.79. The van der Waals surface area contributed by atoms with Crippen molar-refractivity contribution in [3.63, 3.8) is 0 Å². The fourth-order valence-electron chi connectivity index (χ4n) is 3.24. The summed E-state index contributed by atoms with van der Waals surface area (Å²) in [6.07, 6.45) is 3.18. The van der Waals surface area contributed by atoms with Gasteiger partial charge in [0.2, 0.25) is 5.91 Å². The Bertz CT molecular complexity index is 942. The van der Waals surface area contributed by atoms with E-state index in [2.05, 4.69) is 10.2 Å². The van der Waals surface area contributed by atoms with Gasteiger partial charge in [-0.2, -0.15) is 0 Å². The first-order valence-corrected chi connectivity index (χ1v) is 9.18. The van der Waals surface area contributed by atoms with Gasteiger partial charge in [-0.05, 0) is 49.6 Å². The van der Waals surface area contributed by atoms with Crippen molar-refractivity contribution >= 4 is 40.5 Å². The fraction of sp³-hybridized carbons (Fsp3) is 0.263. The van der Waals surface area contributed by atoms with Crippen LogP contribution in [0.25, 0.3) is 0 Å². The number of piperidine rings is 1. The van der Waals surface area contributed by atoms with Gasteiger partial charge in [0.1, 0.15) is 5.56 Å². The third-order valence-electron chi connectivity index (χ3n) is 4.63. The number of nitrogens with one attached hydrogen (secondary N) is 1. The predicted molar refractivity (Wildman–Crippen MR) is 107 cm³/mol. The van der Waals surface area contributed by atoms with Gasteiger partial charge in [0.25, 0.3) is 11.6 Å². The summed E-state index contributed by atoms with van der Waals surface area (Å²) >= 11 is 5.81. The van der Waals surface area contributed by atoms with Crippen LogP contribution in [0.3, 0.4) is 0 Å². The summed E-state index contributed by atoms with van der Waals surface area (Å²) in [4.78, 5) is 37.1. The highest BCUT2D eigenvalue weighted by Gasteiger charge is 2.23. The molecule has 2 aromatic rings. The zero-order valence-electron chi connectivity index (χ0n) is 15.0. The molecule has 0 bridgehead atoms. The first kappa shape index (κ1) is 19.6. The minimum Gasteiger partial charge on any atom is -0.370 e. The number of carbonyl (C=O) groups excluding carboxylic acids is 2. The van der Waals surface area contributed by atoms with Gasteiger partial charge < -0.3 is 16.0 Å². The van der Waals surface area contributed by atoms with Gasteiger partial charge in [-0.3, -0.25) is 19.7 Å². The van der Waals surface area contributed by atoms with Crippen molar-refractivity contribution < 1.29 is 14.5 Å². The summed E-state index contributed by atoms with van der Waals surface area (Å²) in [6, 6.07) is 8.67. The molecule has 0 saturated carbocycles. The zero-order valence-corrected chi connectivity index (χ0v) is 15.7. The molecule has 0 aliphatic carbocycles. The molecule has 1 saturated heterocycles. The van der Waals surface area contributed by atoms with E-state index in [1.807, 2.05) is 0 Å². The number of hydrogen-bond donors (Lipinski definition) is 2. The minimum absolute atomic E-state index is 0.122. The second kappa shape index (κ2) is 8.26. The molecule has 3 N–H and O–H groups in total. The molecular weight excluding hydrogens is 384 g/mol. The van der Waals surface area contributed by atoms with Gasteiger partial charge in [0.15, 0.2) is 0 Å². The third kappa shape index (κ3) is 4.23. The summed E-state index contributed by atoms with van der Waals surface area (Å²) in [5.41, 5.74) is 6.21. The smallest absolute Gasteiger partial charge is 0.283 e. The number of nitrogens with zero attached hydrogens (tertiary/aromatic N) is 2. The maximum Gasteiger partial charge on any atom is 0.283 e. The lowest BCUT2D eigenvalue weighted by Crippen LogP contribution is -2.30. The number of amides is 2. The largest absolute Gasteiger partial charge is 0.370 e. The summed E-state index contributed by atoms with van der Waals surface area (Å²) in [7, 11) is 0. The Hall–Kier alpha value is -3.13. The van der Waals surface area contributed by atoms with Crippen molar-refractivity contribution in [3.05, 3.63) is 62.7 Å². The Labute approximate surface area is 166 Å². The average Bonchev–Trinajstić information content (AvgIpc) is 2.68. The molecule has 0 unspecified atom stereocenters. The van der Waals surface area contributed by atoms with Crippen LogP contribution < -0.4 is 16.0 Å². The van der Waals surface area contributed by atoms with Crippen molar-refractivity contribution in [1.82, 2.24) is 0 Å². The lowest BCUT2D eigenvalue weighted by molar-refractivity contribution is -0.385. The Balaban J connectivity index is 1.98. The van der Waals surface area contributed by atoms with Gasteiger partial charge in [0.05, 0.1) is 16.3 Å². The SMILES string of the molecule is NC(=O)c1ccc(N2CCCCC2)c(NC(=O)c2ccc(Cl)cc2[N+](=O)[O-])c1. The van der Waals surface area contributed by atoms with Crippen molar-refractivity contribution in [3.8, 4) is 0 Å². The van der Waals surface area contributed by atoms with E-state index in [0.717, 1.165) is 44.1 Å². The van der Waals surface area contributed by atoms with Crippen LogP contribution >= 0.6 is 11.6 Å². The number of primary amides is 1. The van der Waals surface area contributed by atoms with E-state index < -0.39 is 22.4 Å². The second-order valence-electron chi connectivity index (χ2n) is 6.52. The quantitative estimate of drug-likeness (QED) is 0.585. The maximum atomic E-state index is 12.8. The van der Waals surface area contributed by atoms with E-state index in [4.69, 9.17) is 17.3 Å². The lowest BCUT2D eigenvalue weighted by Gasteiger charge is -2.30. The first-order valence-electron chi connectivity index (χ1n) is 8.81. The van der Waals surface area contributed by atoms with E-state index in [0.29, 0.717) is 5.69 Å². The summed E-state index contributed by atoms with van der Waals surface area (Å²) in [6.45, 7) is 1.64. The van der Waals surface area contributed by atoms with Crippen LogP contribution in [0.1, 0.15) is 40.0 Å². The number of anilines is 2. The van der Waals surface area contributed by atoms with E-state index in [-0.39, 0.29) is 16.1 Å². The van der Waals surface area contributed by atoms with Crippen molar-refractivity contribution in [1.29, 1.82) is 0 Å². The van der Waals surface area contributed by atoms with E-state index in [1.165, 1.54) is 18.2 Å². The molecule has 3 rings (SSSR count). The van der Waals surface area contributed by atoms with Gasteiger partial charge in [0, 0.05) is 29.7 Å². The van der Waals surface area contributed by atoms with Gasteiger partial charge in [-0.15, -0.1) is 0 Å². The highest BCUT2D eigenvalue weighted by atomic mass is 35.5. The third-order valence-corrected chi connectivity index (χ3v) is 4.86. The van der Waals surface area contributed by atoms with E-state index in [9.17, 15) is 19.7 Å². The number of nitro benzene ring substituents is 1. The van der Waals surface area contributed by atoms with E-state index in [1.54, 1.807) is 12.1 Å². The average molecular weight is 403 g/mol. The summed E-state index contributed by atoms with van der Waals surface area (Å²) < 4.78 is 0. The Morgan fingerprint density at radius 1 is 1.11 bits per heavy atom. The van der Waals surface area contributed by atoms with Crippen LogP contribution in [0, 0.1) is 10.1 Å². The molecule has 1 fully saturated rings. The van der Waals surface area contributed by atoms with Crippen LogP contribution in [0.15, 0.2) is 36.4 Å². The number of nitrogens with two attached hydrogens (primary N) is 1. The van der Waals surface area contributed by atoms with Gasteiger partial charge in [-0.1, -0.05) is 11.6 Å². The fourth-order valence-corrected chi connectivity index (χ4v) is 3.40. The molecule has 1 aliphatic rings. The Morgan fingerprint density at radius 2 is 1.82 bits per heavy atom. The number of benzene rings is 2. The molecule has 2 amide bonds. The molecule has 0 aromatic heterocycles. The number of hydrogen-bond acceptors (Lipinski definition) is 5. The van der Waals surface area contributed by atoms with Crippen LogP contribution in [0.5, 0.6) is 0 Å². The molecule has 0 radical (unpaired) electrons. The summed E-state index contributed by atoms with van der Waals surface area (Å²) in [5.74, 6) is -1.29. The lowest BCUT2D eigenvalue weighted by atomic mass is 10.1. The summed E-state index contributed by atoms with van der Waals surface area (Å²) in [5, 5.41) is 14.1. The molecule has 1 aliphatic heterocycles. The highest BCUT2D eigenvalue weighted by Crippen LogP contribution is 2.31. The van der Waals surface area contributed by atoms with Crippen LogP contribution in [-0.4, -0.2) is 29.8 Å². The second-order valence-corrected chi connectivity index (χ2v) is 6.95. The standard InChI is InChI=1S/C19H19ClN4O4/c20-13-5-6-14(17(11-13)24(27)28)19(26)22-15-10-12(18(21)25)4-7-16(15)23-8-2-1-3-9-23/h4-7,10-11H,1-3,8-9H2,(H2,21,25)(H,22,26).